The van der Waals surface area contributed by atoms with Crippen molar-refractivity contribution in [1.82, 2.24) is 9.97 Å². The van der Waals surface area contributed by atoms with Gasteiger partial charge < -0.3 is 10.7 Å². The predicted octanol–water partition coefficient (Wildman–Crippen LogP) is 0.927. The molecule has 0 saturated carbocycles. The number of halogens is 1. The molecule has 13 heavy (non-hydrogen) atoms. The number of fused-ring (bicyclic) bond motifs is 1. The Hall–Kier alpha value is -1.55. The Morgan fingerprint density at radius 2 is 2.00 bits per heavy atom. The summed E-state index contributed by atoms with van der Waals surface area (Å²) in [5.41, 5.74) is 5.83. The van der Waals surface area contributed by atoms with E-state index in [-0.39, 0.29) is 18.2 Å². The van der Waals surface area contributed by atoms with E-state index in [9.17, 15) is 4.79 Å². The summed E-state index contributed by atoms with van der Waals surface area (Å²) in [6.45, 7) is 0. The third-order valence-corrected chi connectivity index (χ3v) is 1.67. The molecule has 3 N–H and O–H groups in total. The van der Waals surface area contributed by atoms with Crippen molar-refractivity contribution in [3.8, 4) is 0 Å². The lowest BCUT2D eigenvalue weighted by atomic mass is 10.2. The lowest BCUT2D eigenvalue weighted by Crippen LogP contribution is -2.12. The summed E-state index contributed by atoms with van der Waals surface area (Å²) in [5, 5.41) is 0.775. The lowest BCUT2D eigenvalue weighted by molar-refractivity contribution is 1.13. The van der Waals surface area contributed by atoms with Crippen LogP contribution in [-0.4, -0.2) is 9.97 Å². The summed E-state index contributed by atoms with van der Waals surface area (Å²) in [5.74, 6) is 0.273. The van der Waals surface area contributed by atoms with Crippen molar-refractivity contribution in [1.29, 1.82) is 0 Å². The minimum absolute atomic E-state index is 0. The monoisotopic (exact) mass is 197 g/mol. The van der Waals surface area contributed by atoms with Crippen molar-refractivity contribution < 1.29 is 0 Å². The van der Waals surface area contributed by atoms with Gasteiger partial charge in [0.2, 0.25) is 0 Å². The quantitative estimate of drug-likeness (QED) is 0.660. The first-order valence-corrected chi connectivity index (χ1v) is 3.52. The van der Waals surface area contributed by atoms with Crippen LogP contribution in [0.2, 0.25) is 0 Å². The average molecular weight is 198 g/mol. The first-order valence-electron chi connectivity index (χ1n) is 3.52. The molecule has 1 aromatic carbocycles. The van der Waals surface area contributed by atoms with Crippen molar-refractivity contribution in [2.75, 3.05) is 5.73 Å². The van der Waals surface area contributed by atoms with Crippen LogP contribution < -0.4 is 11.4 Å². The van der Waals surface area contributed by atoms with E-state index in [0.29, 0.717) is 0 Å². The summed E-state index contributed by atoms with van der Waals surface area (Å²) in [6, 6.07) is 7.28. The van der Waals surface area contributed by atoms with Gasteiger partial charge in [0, 0.05) is 5.39 Å². The van der Waals surface area contributed by atoms with Crippen LogP contribution in [-0.2, 0) is 0 Å². The largest absolute Gasteiger partial charge is 0.383 e. The van der Waals surface area contributed by atoms with Gasteiger partial charge in [-0.15, -0.1) is 12.4 Å². The number of nitrogens with zero attached hydrogens (tertiary/aromatic N) is 1. The topological polar surface area (TPSA) is 71.8 Å². The fourth-order valence-electron chi connectivity index (χ4n) is 1.13. The van der Waals surface area contributed by atoms with Crippen LogP contribution in [0.5, 0.6) is 0 Å². The van der Waals surface area contributed by atoms with E-state index in [1.54, 1.807) is 6.07 Å². The fourth-order valence-corrected chi connectivity index (χ4v) is 1.13. The molecule has 0 aliphatic heterocycles. The van der Waals surface area contributed by atoms with E-state index in [0.717, 1.165) is 10.9 Å². The molecule has 0 atom stereocenters. The zero-order chi connectivity index (χ0) is 8.55. The zero-order valence-corrected chi connectivity index (χ0v) is 7.47. The van der Waals surface area contributed by atoms with Crippen LogP contribution >= 0.6 is 12.4 Å². The van der Waals surface area contributed by atoms with E-state index in [4.69, 9.17) is 5.73 Å². The Balaban J connectivity index is 0.000000845. The molecule has 5 heteroatoms. The summed E-state index contributed by atoms with van der Waals surface area (Å²) in [7, 11) is 0. The standard InChI is InChI=1S/C8H7N3O.ClH/c9-7-5-3-1-2-4-6(5)10-8(12)11-7;/h1-4H,(H3,9,10,11,12);1H. The van der Waals surface area contributed by atoms with Crippen molar-refractivity contribution in [3.63, 3.8) is 0 Å². The normalized spacial score (nSPS) is 9.54. The van der Waals surface area contributed by atoms with Gasteiger partial charge in [0.25, 0.3) is 0 Å². The molecule has 2 rings (SSSR count). The average Bonchev–Trinajstić information content (AvgIpc) is 2.04. The number of H-pyrrole nitrogens is 1. The second kappa shape index (κ2) is 3.45. The molecule has 0 amide bonds. The number of anilines is 1. The van der Waals surface area contributed by atoms with Gasteiger partial charge in [-0.3, -0.25) is 0 Å². The smallest absolute Gasteiger partial charge is 0.347 e. The third-order valence-electron chi connectivity index (χ3n) is 1.67. The molecule has 4 nitrogen and oxygen atoms in total. The van der Waals surface area contributed by atoms with Gasteiger partial charge in [0.1, 0.15) is 5.82 Å². The van der Waals surface area contributed by atoms with Crippen LogP contribution in [0.3, 0.4) is 0 Å². The van der Waals surface area contributed by atoms with Crippen LogP contribution in [0.1, 0.15) is 0 Å². The van der Waals surface area contributed by atoms with E-state index in [1.165, 1.54) is 0 Å². The van der Waals surface area contributed by atoms with Gasteiger partial charge in [-0.25, -0.2) is 4.79 Å². The highest BCUT2D eigenvalue weighted by atomic mass is 35.5. The first kappa shape index (κ1) is 9.54. The molecule has 1 aromatic heterocycles. The van der Waals surface area contributed by atoms with Gasteiger partial charge >= 0.3 is 5.69 Å². The number of hydrogen-bond donors (Lipinski definition) is 2. The molecule has 2 aromatic rings. The second-order valence-corrected chi connectivity index (χ2v) is 2.47. The Kier molecular flexibility index (Phi) is 2.53. The molecule has 0 saturated heterocycles. The fraction of sp³-hybridized carbons (Fsp3) is 0. The molecule has 68 valence electrons. The molecular weight excluding hydrogens is 190 g/mol. The molecule has 0 fully saturated rings. The molecule has 0 radical (unpaired) electrons. The molecule has 0 bridgehead atoms. The number of rotatable bonds is 0. The second-order valence-electron chi connectivity index (χ2n) is 2.47. The SMILES string of the molecule is Cl.Nc1nc(=O)[nH]c2ccccc12. The molecule has 1 heterocycles. The summed E-state index contributed by atoms with van der Waals surface area (Å²) in [6.07, 6.45) is 0. The Morgan fingerprint density at radius 3 is 2.77 bits per heavy atom. The zero-order valence-electron chi connectivity index (χ0n) is 6.65. The molecule has 0 spiro atoms. The van der Waals surface area contributed by atoms with Gasteiger partial charge in [-0.1, -0.05) is 12.1 Å². The third kappa shape index (κ3) is 1.62. The van der Waals surface area contributed by atoms with Gasteiger partial charge in [-0.2, -0.15) is 4.98 Å². The van der Waals surface area contributed by atoms with Crippen LogP contribution in [0, 0.1) is 0 Å². The maximum Gasteiger partial charge on any atom is 0.347 e. The summed E-state index contributed by atoms with van der Waals surface area (Å²) in [4.78, 5) is 17.0. The van der Waals surface area contributed by atoms with Gasteiger partial charge in [0.15, 0.2) is 0 Å². The minimum Gasteiger partial charge on any atom is -0.383 e. The number of nitrogen functional groups attached to an aromatic ring is 1. The number of nitrogens with two attached hydrogens (primary N) is 1. The van der Waals surface area contributed by atoms with Crippen molar-refractivity contribution in [3.05, 3.63) is 34.7 Å². The molecule has 0 aliphatic rings. The Bertz CT molecular complexity index is 480. The van der Waals surface area contributed by atoms with Gasteiger partial charge in [0.05, 0.1) is 5.52 Å². The number of nitrogens with one attached hydrogen (secondary N) is 1. The predicted molar refractivity (Wildman–Crippen MR) is 54.0 cm³/mol. The number of aromatic nitrogens is 2. The molecule has 0 aliphatic carbocycles. The van der Waals surface area contributed by atoms with E-state index >= 15 is 0 Å². The minimum atomic E-state index is -0.411. The number of para-hydroxylation sites is 1. The van der Waals surface area contributed by atoms with Crippen LogP contribution in [0.15, 0.2) is 29.1 Å². The highest BCUT2D eigenvalue weighted by Gasteiger charge is 1.98. The van der Waals surface area contributed by atoms with Gasteiger partial charge in [-0.05, 0) is 12.1 Å². The maximum atomic E-state index is 10.9. The Morgan fingerprint density at radius 1 is 1.31 bits per heavy atom. The van der Waals surface area contributed by atoms with E-state index in [2.05, 4.69) is 9.97 Å². The maximum absolute atomic E-state index is 10.9. The van der Waals surface area contributed by atoms with E-state index in [1.807, 2.05) is 18.2 Å². The van der Waals surface area contributed by atoms with Crippen LogP contribution in [0.25, 0.3) is 10.9 Å². The molecular formula is C8H8ClN3O. The lowest BCUT2D eigenvalue weighted by Gasteiger charge is -1.97. The number of benzene rings is 1. The summed E-state index contributed by atoms with van der Waals surface area (Å²) < 4.78 is 0. The highest BCUT2D eigenvalue weighted by molar-refractivity contribution is 5.87. The summed E-state index contributed by atoms with van der Waals surface area (Å²) >= 11 is 0. The van der Waals surface area contributed by atoms with Crippen LogP contribution in [0.4, 0.5) is 5.82 Å². The number of aromatic amines is 1. The van der Waals surface area contributed by atoms with Crippen molar-refractivity contribution in [2.24, 2.45) is 0 Å². The Labute approximate surface area is 80.2 Å². The highest BCUT2D eigenvalue weighted by Crippen LogP contribution is 2.12. The number of hydrogen-bond acceptors (Lipinski definition) is 3. The molecule has 0 unspecified atom stereocenters. The van der Waals surface area contributed by atoms with Crippen molar-refractivity contribution >= 4 is 29.1 Å². The first-order chi connectivity index (χ1) is 5.77. The van der Waals surface area contributed by atoms with E-state index < -0.39 is 5.69 Å². The van der Waals surface area contributed by atoms with Crippen molar-refractivity contribution in [2.45, 2.75) is 0 Å².